The second-order valence-corrected chi connectivity index (χ2v) is 5.04. The molecule has 0 heterocycles. The predicted octanol–water partition coefficient (Wildman–Crippen LogP) is 4.25. The van der Waals surface area contributed by atoms with Gasteiger partial charge in [-0.05, 0) is 53.3 Å². The third-order valence-electron chi connectivity index (χ3n) is 3.81. The van der Waals surface area contributed by atoms with E-state index in [0.717, 1.165) is 23.5 Å². The number of hydrogen-bond acceptors (Lipinski definition) is 2. The Hall–Kier alpha value is -2.22. The van der Waals surface area contributed by atoms with Crippen molar-refractivity contribution in [3.63, 3.8) is 0 Å². The average molecular weight is 266 g/mol. The van der Waals surface area contributed by atoms with Crippen LogP contribution in [0.5, 0.6) is 11.5 Å². The SMILES string of the molecule is COc1cc(OC)cc(-c2c(C)ccc3c2C=CC3)c1. The number of methoxy groups -OCH3 is 2. The lowest BCUT2D eigenvalue weighted by Crippen LogP contribution is -1.94. The largest absolute Gasteiger partial charge is 0.497 e. The second kappa shape index (κ2) is 5.04. The van der Waals surface area contributed by atoms with Crippen LogP contribution in [0, 0.1) is 6.92 Å². The van der Waals surface area contributed by atoms with Crippen molar-refractivity contribution < 1.29 is 9.47 Å². The lowest BCUT2D eigenvalue weighted by molar-refractivity contribution is 0.394. The minimum Gasteiger partial charge on any atom is -0.497 e. The van der Waals surface area contributed by atoms with E-state index in [0.29, 0.717) is 0 Å². The summed E-state index contributed by atoms with van der Waals surface area (Å²) in [6.07, 6.45) is 5.44. The normalized spacial score (nSPS) is 12.3. The Bertz CT molecular complexity index is 662. The lowest BCUT2D eigenvalue weighted by atomic mass is 9.92. The van der Waals surface area contributed by atoms with Crippen molar-refractivity contribution in [3.8, 4) is 22.6 Å². The zero-order chi connectivity index (χ0) is 14.1. The Morgan fingerprint density at radius 3 is 2.30 bits per heavy atom. The van der Waals surface area contributed by atoms with Crippen molar-refractivity contribution in [1.29, 1.82) is 0 Å². The molecule has 2 nitrogen and oxygen atoms in total. The highest BCUT2D eigenvalue weighted by Gasteiger charge is 2.15. The quantitative estimate of drug-likeness (QED) is 0.827. The third-order valence-corrected chi connectivity index (χ3v) is 3.81. The van der Waals surface area contributed by atoms with Gasteiger partial charge in [-0.1, -0.05) is 24.3 Å². The van der Waals surface area contributed by atoms with Gasteiger partial charge in [0.15, 0.2) is 0 Å². The van der Waals surface area contributed by atoms with Crippen LogP contribution in [0.3, 0.4) is 0 Å². The average Bonchev–Trinajstić information content (AvgIpc) is 2.94. The van der Waals surface area contributed by atoms with Gasteiger partial charge in [0.2, 0.25) is 0 Å². The van der Waals surface area contributed by atoms with Gasteiger partial charge in [-0.2, -0.15) is 0 Å². The molecule has 0 N–H and O–H groups in total. The Morgan fingerprint density at radius 1 is 0.950 bits per heavy atom. The van der Waals surface area contributed by atoms with Gasteiger partial charge < -0.3 is 9.47 Å². The lowest BCUT2D eigenvalue weighted by Gasteiger charge is -2.14. The summed E-state index contributed by atoms with van der Waals surface area (Å²) in [5.41, 5.74) is 6.38. The first-order valence-corrected chi connectivity index (χ1v) is 6.75. The van der Waals surface area contributed by atoms with Gasteiger partial charge in [-0.25, -0.2) is 0 Å². The number of aryl methyl sites for hydroxylation is 1. The summed E-state index contributed by atoms with van der Waals surface area (Å²) in [6, 6.07) is 10.4. The highest BCUT2D eigenvalue weighted by molar-refractivity contribution is 5.83. The Labute approximate surface area is 119 Å². The van der Waals surface area contributed by atoms with Crippen molar-refractivity contribution in [1.82, 2.24) is 0 Å². The fourth-order valence-corrected chi connectivity index (χ4v) is 2.78. The summed E-state index contributed by atoms with van der Waals surface area (Å²) in [5, 5.41) is 0. The van der Waals surface area contributed by atoms with Crippen LogP contribution in [0.15, 0.2) is 36.4 Å². The van der Waals surface area contributed by atoms with Crippen molar-refractivity contribution in [2.24, 2.45) is 0 Å². The highest BCUT2D eigenvalue weighted by atomic mass is 16.5. The molecule has 0 unspecified atom stereocenters. The number of allylic oxidation sites excluding steroid dienone is 1. The molecule has 0 amide bonds. The molecule has 1 aliphatic rings. The molecule has 0 fully saturated rings. The number of rotatable bonds is 3. The first kappa shape index (κ1) is 12.8. The summed E-state index contributed by atoms with van der Waals surface area (Å²) in [6.45, 7) is 2.15. The van der Waals surface area contributed by atoms with Crippen molar-refractivity contribution >= 4 is 6.08 Å². The first-order chi connectivity index (χ1) is 9.72. The maximum Gasteiger partial charge on any atom is 0.123 e. The zero-order valence-electron chi connectivity index (χ0n) is 12.1. The van der Waals surface area contributed by atoms with E-state index in [1.807, 2.05) is 6.07 Å². The molecule has 1 aliphatic carbocycles. The van der Waals surface area contributed by atoms with Gasteiger partial charge in [-0.3, -0.25) is 0 Å². The van der Waals surface area contributed by atoms with E-state index in [1.54, 1.807) is 14.2 Å². The third kappa shape index (κ3) is 2.07. The smallest absolute Gasteiger partial charge is 0.123 e. The van der Waals surface area contributed by atoms with Crippen molar-refractivity contribution in [2.75, 3.05) is 14.2 Å². The van der Waals surface area contributed by atoms with Gasteiger partial charge in [0.05, 0.1) is 14.2 Å². The molecular formula is C18H18O2. The van der Waals surface area contributed by atoms with E-state index in [2.05, 4.69) is 43.3 Å². The maximum atomic E-state index is 5.38. The van der Waals surface area contributed by atoms with E-state index in [1.165, 1.54) is 22.3 Å². The molecule has 0 saturated carbocycles. The molecule has 0 spiro atoms. The van der Waals surface area contributed by atoms with Crippen LogP contribution in [0.4, 0.5) is 0 Å². The number of ether oxygens (including phenoxy) is 2. The van der Waals surface area contributed by atoms with Crippen LogP contribution in [-0.4, -0.2) is 14.2 Å². The molecule has 0 radical (unpaired) electrons. The zero-order valence-corrected chi connectivity index (χ0v) is 12.1. The molecule has 2 heteroatoms. The molecule has 2 aromatic carbocycles. The van der Waals surface area contributed by atoms with Crippen molar-refractivity contribution in [2.45, 2.75) is 13.3 Å². The minimum atomic E-state index is 0.818. The van der Waals surface area contributed by atoms with Gasteiger partial charge in [0, 0.05) is 6.07 Å². The molecule has 0 atom stereocenters. The van der Waals surface area contributed by atoms with Crippen LogP contribution >= 0.6 is 0 Å². The monoisotopic (exact) mass is 266 g/mol. The number of fused-ring (bicyclic) bond motifs is 1. The van der Waals surface area contributed by atoms with Crippen LogP contribution < -0.4 is 9.47 Å². The van der Waals surface area contributed by atoms with E-state index >= 15 is 0 Å². The molecule has 0 aliphatic heterocycles. The summed E-state index contributed by atoms with van der Waals surface area (Å²) >= 11 is 0. The van der Waals surface area contributed by atoms with Crippen LogP contribution in [-0.2, 0) is 6.42 Å². The van der Waals surface area contributed by atoms with Crippen LogP contribution in [0.1, 0.15) is 16.7 Å². The molecule has 3 rings (SSSR count). The van der Waals surface area contributed by atoms with Crippen LogP contribution in [0.2, 0.25) is 0 Å². The maximum absolute atomic E-state index is 5.38. The van der Waals surface area contributed by atoms with E-state index in [4.69, 9.17) is 9.47 Å². The number of benzene rings is 2. The summed E-state index contributed by atoms with van der Waals surface area (Å²) < 4.78 is 10.8. The van der Waals surface area contributed by atoms with Crippen molar-refractivity contribution in [3.05, 3.63) is 53.1 Å². The standard InChI is InChI=1S/C18H18O2/c1-12-7-8-13-5-4-6-17(13)18(12)14-9-15(19-2)11-16(10-14)20-3/h4,6-11H,5H2,1-3H3. The van der Waals surface area contributed by atoms with Gasteiger partial charge in [-0.15, -0.1) is 0 Å². The second-order valence-electron chi connectivity index (χ2n) is 5.04. The minimum absolute atomic E-state index is 0.818. The molecular weight excluding hydrogens is 248 g/mol. The molecule has 102 valence electrons. The highest BCUT2D eigenvalue weighted by Crippen LogP contribution is 2.37. The Kier molecular flexibility index (Phi) is 3.23. The Balaban J connectivity index is 2.23. The molecule has 0 bridgehead atoms. The van der Waals surface area contributed by atoms with E-state index < -0.39 is 0 Å². The molecule has 0 saturated heterocycles. The molecule has 20 heavy (non-hydrogen) atoms. The summed E-state index contributed by atoms with van der Waals surface area (Å²) in [4.78, 5) is 0. The molecule has 2 aromatic rings. The Morgan fingerprint density at radius 2 is 1.65 bits per heavy atom. The van der Waals surface area contributed by atoms with E-state index in [-0.39, 0.29) is 0 Å². The van der Waals surface area contributed by atoms with Crippen LogP contribution in [0.25, 0.3) is 17.2 Å². The molecule has 0 aromatic heterocycles. The summed E-state index contributed by atoms with van der Waals surface area (Å²) in [7, 11) is 3.36. The van der Waals surface area contributed by atoms with Gasteiger partial charge in [0.25, 0.3) is 0 Å². The summed E-state index contributed by atoms with van der Waals surface area (Å²) in [5.74, 6) is 1.64. The van der Waals surface area contributed by atoms with E-state index in [9.17, 15) is 0 Å². The topological polar surface area (TPSA) is 18.5 Å². The van der Waals surface area contributed by atoms with Gasteiger partial charge in [0.1, 0.15) is 11.5 Å². The predicted molar refractivity (Wildman–Crippen MR) is 82.5 cm³/mol. The fourth-order valence-electron chi connectivity index (χ4n) is 2.78. The van der Waals surface area contributed by atoms with Gasteiger partial charge >= 0.3 is 0 Å². The first-order valence-electron chi connectivity index (χ1n) is 6.75. The number of hydrogen-bond donors (Lipinski definition) is 0. The fraction of sp³-hybridized carbons (Fsp3) is 0.222.